The Morgan fingerprint density at radius 2 is 1.93 bits per heavy atom. The molecule has 2 aromatic heterocycles. The SMILES string of the molecule is Cc1ccc(C(=O)O)c(NC(=O)Cc2c[nH]c3ccc(-c4c(C)noc4C)cc23)c1. The number of H-pyrrole nitrogens is 1. The van der Waals surface area contributed by atoms with E-state index in [-0.39, 0.29) is 17.9 Å². The van der Waals surface area contributed by atoms with E-state index in [1.54, 1.807) is 18.3 Å². The van der Waals surface area contributed by atoms with Gasteiger partial charge in [0, 0.05) is 22.7 Å². The molecule has 0 aliphatic heterocycles. The summed E-state index contributed by atoms with van der Waals surface area (Å²) in [5, 5.41) is 17.0. The minimum atomic E-state index is -1.08. The van der Waals surface area contributed by atoms with Crippen LogP contribution in [0.3, 0.4) is 0 Å². The highest BCUT2D eigenvalue weighted by atomic mass is 16.5. The van der Waals surface area contributed by atoms with Gasteiger partial charge in [-0.25, -0.2) is 4.79 Å². The first kappa shape index (κ1) is 19.4. The zero-order valence-electron chi connectivity index (χ0n) is 16.9. The predicted molar refractivity (Wildman–Crippen MR) is 114 cm³/mol. The minimum absolute atomic E-state index is 0.0635. The first-order valence-corrected chi connectivity index (χ1v) is 9.50. The fraction of sp³-hybridized carbons (Fsp3) is 0.174. The molecule has 0 fully saturated rings. The summed E-state index contributed by atoms with van der Waals surface area (Å²) in [5.74, 6) is -0.629. The molecule has 0 bridgehead atoms. The first-order chi connectivity index (χ1) is 14.3. The molecule has 0 aliphatic rings. The van der Waals surface area contributed by atoms with Gasteiger partial charge in [0.05, 0.1) is 23.4 Å². The van der Waals surface area contributed by atoms with Crippen LogP contribution in [0.1, 0.15) is 32.9 Å². The van der Waals surface area contributed by atoms with Gasteiger partial charge >= 0.3 is 5.97 Å². The molecule has 0 saturated heterocycles. The molecule has 0 unspecified atom stereocenters. The van der Waals surface area contributed by atoms with E-state index in [2.05, 4.69) is 15.5 Å². The Hall–Kier alpha value is -3.87. The molecule has 7 heteroatoms. The number of anilines is 1. The quantitative estimate of drug-likeness (QED) is 0.450. The summed E-state index contributed by atoms with van der Waals surface area (Å²) >= 11 is 0. The second-order valence-electron chi connectivity index (χ2n) is 7.35. The summed E-state index contributed by atoms with van der Waals surface area (Å²) < 4.78 is 5.27. The lowest BCUT2D eigenvalue weighted by molar-refractivity contribution is -0.115. The van der Waals surface area contributed by atoms with Crippen molar-refractivity contribution in [2.24, 2.45) is 0 Å². The van der Waals surface area contributed by atoms with Crippen molar-refractivity contribution in [1.29, 1.82) is 0 Å². The smallest absolute Gasteiger partial charge is 0.337 e. The largest absolute Gasteiger partial charge is 0.478 e. The van der Waals surface area contributed by atoms with Crippen molar-refractivity contribution in [1.82, 2.24) is 10.1 Å². The molecule has 30 heavy (non-hydrogen) atoms. The molecule has 2 heterocycles. The van der Waals surface area contributed by atoms with Crippen LogP contribution in [-0.2, 0) is 11.2 Å². The topological polar surface area (TPSA) is 108 Å². The van der Waals surface area contributed by atoms with E-state index in [1.807, 2.05) is 39.0 Å². The molecule has 0 aliphatic carbocycles. The predicted octanol–water partition coefficient (Wildman–Crippen LogP) is 4.63. The van der Waals surface area contributed by atoms with Crippen molar-refractivity contribution < 1.29 is 19.2 Å². The normalized spacial score (nSPS) is 11.0. The number of nitrogens with zero attached hydrogens (tertiary/aromatic N) is 1. The number of nitrogens with one attached hydrogen (secondary N) is 2. The molecule has 2 aromatic carbocycles. The van der Waals surface area contributed by atoms with E-state index in [0.29, 0.717) is 5.69 Å². The van der Waals surface area contributed by atoms with E-state index in [4.69, 9.17) is 4.52 Å². The summed E-state index contributed by atoms with van der Waals surface area (Å²) in [6.07, 6.45) is 1.91. The lowest BCUT2D eigenvalue weighted by atomic mass is 10.0. The third kappa shape index (κ3) is 3.57. The second kappa shape index (κ2) is 7.51. The molecule has 3 N–H and O–H groups in total. The maximum absolute atomic E-state index is 12.7. The number of fused-ring (bicyclic) bond motifs is 1. The van der Waals surface area contributed by atoms with Crippen LogP contribution >= 0.6 is 0 Å². The van der Waals surface area contributed by atoms with Gasteiger partial charge in [-0.05, 0) is 61.7 Å². The Labute approximate surface area is 172 Å². The Morgan fingerprint density at radius 3 is 2.63 bits per heavy atom. The standard InChI is InChI=1S/C23H21N3O4/c1-12-4-6-17(23(28)29)20(8-12)25-21(27)10-16-11-24-19-7-5-15(9-18(16)19)22-13(2)26-30-14(22)3/h4-9,11,24H,10H2,1-3H3,(H,25,27)(H,28,29). The Kier molecular flexibility index (Phi) is 4.87. The van der Waals surface area contributed by atoms with Crippen LogP contribution in [0.4, 0.5) is 5.69 Å². The van der Waals surface area contributed by atoms with Crippen molar-refractivity contribution in [3.8, 4) is 11.1 Å². The van der Waals surface area contributed by atoms with Crippen LogP contribution in [0, 0.1) is 20.8 Å². The summed E-state index contributed by atoms with van der Waals surface area (Å²) in [5.41, 5.74) is 5.67. The van der Waals surface area contributed by atoms with Crippen LogP contribution in [0.5, 0.6) is 0 Å². The summed E-state index contributed by atoms with van der Waals surface area (Å²) in [6.45, 7) is 5.60. The van der Waals surface area contributed by atoms with E-state index < -0.39 is 5.97 Å². The highest BCUT2D eigenvalue weighted by Crippen LogP contribution is 2.31. The summed E-state index contributed by atoms with van der Waals surface area (Å²) in [7, 11) is 0. The molecule has 152 valence electrons. The van der Waals surface area contributed by atoms with Crippen molar-refractivity contribution in [2.45, 2.75) is 27.2 Å². The molecule has 4 rings (SSSR count). The number of hydrogen-bond donors (Lipinski definition) is 3. The molecular weight excluding hydrogens is 382 g/mol. The highest BCUT2D eigenvalue weighted by Gasteiger charge is 2.16. The number of hydrogen-bond acceptors (Lipinski definition) is 4. The van der Waals surface area contributed by atoms with Gasteiger partial charge in [-0.2, -0.15) is 0 Å². The Morgan fingerprint density at radius 1 is 1.13 bits per heavy atom. The van der Waals surface area contributed by atoms with Gasteiger partial charge in [0.1, 0.15) is 5.76 Å². The van der Waals surface area contributed by atoms with Crippen LogP contribution in [-0.4, -0.2) is 27.1 Å². The molecule has 4 aromatic rings. The van der Waals surface area contributed by atoms with Gasteiger partial charge < -0.3 is 19.9 Å². The lowest BCUT2D eigenvalue weighted by Gasteiger charge is -2.09. The average Bonchev–Trinajstić information content (AvgIpc) is 3.24. The maximum atomic E-state index is 12.7. The number of aromatic amines is 1. The van der Waals surface area contributed by atoms with E-state index in [0.717, 1.165) is 44.6 Å². The number of carboxylic acids is 1. The van der Waals surface area contributed by atoms with Crippen LogP contribution in [0.25, 0.3) is 22.0 Å². The number of aromatic nitrogens is 2. The monoisotopic (exact) mass is 403 g/mol. The van der Waals surface area contributed by atoms with Gasteiger partial charge in [-0.15, -0.1) is 0 Å². The molecule has 1 amide bonds. The second-order valence-corrected chi connectivity index (χ2v) is 7.35. The number of carboxylic acid groups (broad SMARTS) is 1. The van der Waals surface area contributed by atoms with E-state index in [1.165, 1.54) is 6.07 Å². The molecule has 0 radical (unpaired) electrons. The van der Waals surface area contributed by atoms with Crippen molar-refractivity contribution >= 4 is 28.5 Å². The summed E-state index contributed by atoms with van der Waals surface area (Å²) in [6, 6.07) is 10.8. The van der Waals surface area contributed by atoms with Crippen LogP contribution in [0.15, 0.2) is 47.1 Å². The fourth-order valence-corrected chi connectivity index (χ4v) is 3.69. The van der Waals surface area contributed by atoms with Gasteiger partial charge in [0.25, 0.3) is 0 Å². The number of rotatable bonds is 5. The average molecular weight is 403 g/mol. The van der Waals surface area contributed by atoms with Gasteiger partial charge in [-0.3, -0.25) is 4.79 Å². The van der Waals surface area contributed by atoms with Crippen LogP contribution in [0.2, 0.25) is 0 Å². The Balaban J connectivity index is 1.63. The van der Waals surface area contributed by atoms with E-state index in [9.17, 15) is 14.7 Å². The fourth-order valence-electron chi connectivity index (χ4n) is 3.69. The van der Waals surface area contributed by atoms with Crippen LogP contribution < -0.4 is 5.32 Å². The zero-order chi connectivity index (χ0) is 21.4. The number of aryl methyl sites for hydroxylation is 3. The van der Waals surface area contributed by atoms with Crippen molar-refractivity contribution in [2.75, 3.05) is 5.32 Å². The minimum Gasteiger partial charge on any atom is -0.478 e. The van der Waals surface area contributed by atoms with Crippen molar-refractivity contribution in [3.63, 3.8) is 0 Å². The highest BCUT2D eigenvalue weighted by molar-refractivity contribution is 6.02. The summed E-state index contributed by atoms with van der Waals surface area (Å²) in [4.78, 5) is 27.3. The van der Waals surface area contributed by atoms with E-state index >= 15 is 0 Å². The zero-order valence-corrected chi connectivity index (χ0v) is 16.9. The number of aromatic carboxylic acids is 1. The number of benzene rings is 2. The third-order valence-electron chi connectivity index (χ3n) is 5.12. The number of amides is 1. The molecule has 0 spiro atoms. The van der Waals surface area contributed by atoms with Crippen molar-refractivity contribution in [3.05, 3.63) is 70.7 Å². The molecule has 7 nitrogen and oxygen atoms in total. The third-order valence-corrected chi connectivity index (χ3v) is 5.12. The maximum Gasteiger partial charge on any atom is 0.337 e. The number of carbonyl (C=O) groups is 2. The van der Waals surface area contributed by atoms with Gasteiger partial charge in [0.15, 0.2) is 0 Å². The molecule has 0 atom stereocenters. The van der Waals surface area contributed by atoms with Gasteiger partial charge in [0.2, 0.25) is 5.91 Å². The molecular formula is C23H21N3O4. The lowest BCUT2D eigenvalue weighted by Crippen LogP contribution is -2.16. The number of carbonyl (C=O) groups excluding carboxylic acids is 1. The first-order valence-electron chi connectivity index (χ1n) is 9.50. The molecule has 0 saturated carbocycles. The Bertz CT molecular complexity index is 1260. The van der Waals surface area contributed by atoms with Gasteiger partial charge in [-0.1, -0.05) is 17.3 Å².